The third-order valence-corrected chi connectivity index (χ3v) is 8.03. The Morgan fingerprint density at radius 3 is 2.54 bits per heavy atom. The summed E-state index contributed by atoms with van der Waals surface area (Å²) >= 11 is 0. The first kappa shape index (κ1) is 20.6. The fourth-order valence-electron chi connectivity index (χ4n) is 3.13. The number of halogens is 1. The standard InChI is InChI=1S/C19H28FN3O2S/c1-18(2)17(21)22-19(3,12-26(18,6)25)15-10-13(7-8-16(15)20)9-14(24)11-23(4)5/h7-8,10H,6,9,11-12H2,1-5H3,(H2,21,22)/t19-,26?/m0/s1. The fourth-order valence-corrected chi connectivity index (χ4v) is 5.04. The zero-order valence-corrected chi connectivity index (χ0v) is 17.0. The summed E-state index contributed by atoms with van der Waals surface area (Å²) in [5.41, 5.74) is 5.99. The van der Waals surface area contributed by atoms with Crippen LogP contribution in [0.25, 0.3) is 0 Å². The monoisotopic (exact) mass is 381 g/mol. The molecule has 1 unspecified atom stereocenters. The molecule has 1 heterocycles. The van der Waals surface area contributed by atoms with Crippen LogP contribution in [0.3, 0.4) is 0 Å². The van der Waals surface area contributed by atoms with Crippen LogP contribution in [0.2, 0.25) is 0 Å². The van der Waals surface area contributed by atoms with Gasteiger partial charge in [0.2, 0.25) is 0 Å². The second-order valence-corrected chi connectivity index (χ2v) is 10.9. The lowest BCUT2D eigenvalue weighted by Gasteiger charge is -2.41. The molecule has 5 nitrogen and oxygen atoms in total. The summed E-state index contributed by atoms with van der Waals surface area (Å²) in [6.07, 6.45) is 0.200. The maximum atomic E-state index is 14.6. The van der Waals surface area contributed by atoms with Crippen molar-refractivity contribution < 1.29 is 13.4 Å². The number of carbonyl (C=O) groups excluding carboxylic acids is 1. The van der Waals surface area contributed by atoms with Gasteiger partial charge in [-0.15, -0.1) is 0 Å². The molecule has 0 saturated heterocycles. The van der Waals surface area contributed by atoms with Crippen LogP contribution in [0.4, 0.5) is 4.39 Å². The van der Waals surface area contributed by atoms with Gasteiger partial charge in [0, 0.05) is 17.7 Å². The zero-order chi connectivity index (χ0) is 19.9. The van der Waals surface area contributed by atoms with Crippen LogP contribution in [0.1, 0.15) is 31.9 Å². The first-order chi connectivity index (χ1) is 11.8. The van der Waals surface area contributed by atoms with Crippen molar-refractivity contribution in [1.29, 1.82) is 0 Å². The van der Waals surface area contributed by atoms with Gasteiger partial charge in [-0.3, -0.25) is 14.0 Å². The zero-order valence-electron chi connectivity index (χ0n) is 16.1. The Labute approximate surface area is 155 Å². The molecule has 144 valence electrons. The number of hydrogen-bond acceptors (Lipinski definition) is 5. The van der Waals surface area contributed by atoms with Crippen LogP contribution in [0.5, 0.6) is 0 Å². The van der Waals surface area contributed by atoms with Gasteiger partial charge in [-0.05, 0) is 68.0 Å². The van der Waals surface area contributed by atoms with Crippen molar-refractivity contribution in [2.45, 2.75) is 37.5 Å². The van der Waals surface area contributed by atoms with Crippen LogP contribution in [0.15, 0.2) is 23.2 Å². The molecule has 2 rings (SSSR count). The third kappa shape index (κ3) is 3.83. The molecule has 1 aliphatic heterocycles. The predicted octanol–water partition coefficient (Wildman–Crippen LogP) is 1.58. The Kier molecular flexibility index (Phi) is 5.36. The minimum atomic E-state index is -2.63. The number of carbonyl (C=O) groups is 1. The second kappa shape index (κ2) is 6.78. The van der Waals surface area contributed by atoms with Crippen molar-refractivity contribution in [2.75, 3.05) is 26.4 Å². The van der Waals surface area contributed by atoms with Gasteiger partial charge in [0.25, 0.3) is 0 Å². The van der Waals surface area contributed by atoms with Crippen molar-refractivity contribution in [1.82, 2.24) is 4.90 Å². The number of likely N-dealkylation sites (N-methyl/N-ethyl adjacent to an activating group) is 1. The van der Waals surface area contributed by atoms with Gasteiger partial charge in [-0.1, -0.05) is 6.07 Å². The highest BCUT2D eigenvalue weighted by Crippen LogP contribution is 2.38. The normalized spacial score (nSPS) is 28.0. The molecule has 1 aromatic carbocycles. The molecule has 2 atom stereocenters. The van der Waals surface area contributed by atoms with E-state index in [0.29, 0.717) is 17.7 Å². The molecule has 1 aromatic rings. The molecule has 26 heavy (non-hydrogen) atoms. The predicted molar refractivity (Wildman–Crippen MR) is 107 cm³/mol. The van der Waals surface area contributed by atoms with Crippen LogP contribution >= 0.6 is 0 Å². The number of nitrogens with zero attached hydrogens (tertiary/aromatic N) is 2. The maximum absolute atomic E-state index is 14.6. The molecule has 2 N–H and O–H groups in total. The summed E-state index contributed by atoms with van der Waals surface area (Å²) in [5.74, 6) is 3.75. The molecule has 0 fully saturated rings. The Bertz CT molecular complexity index is 860. The molecule has 0 spiro atoms. The summed E-state index contributed by atoms with van der Waals surface area (Å²) in [7, 11) is 1.01. The van der Waals surface area contributed by atoms with E-state index >= 15 is 0 Å². The van der Waals surface area contributed by atoms with Crippen molar-refractivity contribution in [3.05, 3.63) is 35.1 Å². The van der Waals surface area contributed by atoms with Crippen molar-refractivity contribution in [2.24, 2.45) is 10.7 Å². The Hall–Kier alpha value is -1.73. The molecule has 0 aromatic heterocycles. The average molecular weight is 382 g/mol. The number of benzene rings is 1. The van der Waals surface area contributed by atoms with Crippen LogP contribution in [-0.2, 0) is 26.3 Å². The number of nitrogens with two attached hydrogens (primary N) is 1. The van der Waals surface area contributed by atoms with Crippen LogP contribution < -0.4 is 5.73 Å². The quantitative estimate of drug-likeness (QED) is 0.786. The summed E-state index contributed by atoms with van der Waals surface area (Å²) < 4.78 is 26.9. The highest BCUT2D eigenvalue weighted by atomic mass is 32.2. The van der Waals surface area contributed by atoms with Crippen molar-refractivity contribution >= 4 is 27.0 Å². The number of hydrogen-bond donors (Lipinski definition) is 1. The highest BCUT2D eigenvalue weighted by Gasteiger charge is 2.45. The fraction of sp³-hybridized carbons (Fsp3) is 0.526. The van der Waals surface area contributed by atoms with Crippen molar-refractivity contribution in [3.63, 3.8) is 0 Å². The lowest BCUT2D eigenvalue weighted by molar-refractivity contribution is -0.119. The van der Waals surface area contributed by atoms with E-state index in [1.807, 2.05) is 14.1 Å². The lowest BCUT2D eigenvalue weighted by Crippen LogP contribution is -2.54. The molecular weight excluding hydrogens is 353 g/mol. The maximum Gasteiger partial charge on any atom is 0.151 e. The van der Waals surface area contributed by atoms with Crippen LogP contribution in [0, 0.1) is 5.82 Å². The molecule has 0 bridgehead atoms. The first-order valence-electron chi connectivity index (χ1n) is 8.44. The summed E-state index contributed by atoms with van der Waals surface area (Å²) in [5, 5.41) is 0. The molecule has 7 heteroatoms. The first-order valence-corrected chi connectivity index (χ1v) is 10.3. The van der Waals surface area contributed by atoms with Gasteiger partial charge < -0.3 is 10.6 Å². The Morgan fingerprint density at radius 2 is 2.00 bits per heavy atom. The van der Waals surface area contributed by atoms with Gasteiger partial charge in [0.15, 0.2) is 5.78 Å². The molecule has 1 aliphatic rings. The van der Waals surface area contributed by atoms with E-state index in [1.165, 1.54) is 6.07 Å². The topological polar surface area (TPSA) is 75.8 Å². The molecule has 0 amide bonds. The van der Waals surface area contributed by atoms with Gasteiger partial charge >= 0.3 is 0 Å². The van der Waals surface area contributed by atoms with E-state index in [1.54, 1.807) is 37.8 Å². The van der Waals surface area contributed by atoms with Gasteiger partial charge in [-0.2, -0.15) is 0 Å². The van der Waals surface area contributed by atoms with E-state index in [9.17, 15) is 13.4 Å². The van der Waals surface area contributed by atoms with E-state index in [4.69, 9.17) is 5.73 Å². The van der Waals surface area contributed by atoms with E-state index < -0.39 is 25.6 Å². The van der Waals surface area contributed by atoms with Crippen LogP contribution in [-0.4, -0.2) is 57.7 Å². The van der Waals surface area contributed by atoms with Gasteiger partial charge in [-0.25, -0.2) is 4.39 Å². The van der Waals surface area contributed by atoms with E-state index in [-0.39, 0.29) is 23.8 Å². The highest BCUT2D eigenvalue weighted by molar-refractivity contribution is 8.02. The number of ketones is 1. The number of amidine groups is 1. The second-order valence-electron chi connectivity index (χ2n) is 8.00. The van der Waals surface area contributed by atoms with E-state index in [0.717, 1.165) is 0 Å². The minimum absolute atomic E-state index is 0.0338. The third-order valence-electron chi connectivity index (χ3n) is 4.93. The summed E-state index contributed by atoms with van der Waals surface area (Å²) in [4.78, 5) is 18.4. The Morgan fingerprint density at radius 1 is 1.38 bits per heavy atom. The molecular formula is C19H28FN3O2S. The number of aliphatic imine (C=N–C) groups is 1. The number of rotatable bonds is 5. The minimum Gasteiger partial charge on any atom is -0.386 e. The SMILES string of the molecule is C=S1(=O)C[C@@](C)(c2cc(CC(=O)CN(C)C)ccc2F)N=C(N)C1(C)C. The Balaban J connectivity index is 2.46. The largest absolute Gasteiger partial charge is 0.386 e. The molecule has 0 aliphatic carbocycles. The molecule has 0 saturated carbocycles. The van der Waals surface area contributed by atoms with Gasteiger partial charge in [0.1, 0.15) is 11.7 Å². The smallest absolute Gasteiger partial charge is 0.151 e. The molecule has 0 radical (unpaired) electrons. The summed E-state index contributed by atoms with van der Waals surface area (Å²) in [6.45, 7) is 5.51. The average Bonchev–Trinajstić information content (AvgIpc) is 2.46. The lowest BCUT2D eigenvalue weighted by atomic mass is 9.91. The van der Waals surface area contributed by atoms with Crippen molar-refractivity contribution in [3.8, 4) is 0 Å². The van der Waals surface area contributed by atoms with E-state index in [2.05, 4.69) is 10.9 Å². The number of Topliss-reactive ketones (excluding diaryl/α,β-unsaturated/α-hetero) is 1. The summed E-state index contributed by atoms with van der Waals surface area (Å²) in [6, 6.07) is 4.56. The van der Waals surface area contributed by atoms with Gasteiger partial charge in [0.05, 0.1) is 16.8 Å².